The highest BCUT2D eigenvalue weighted by molar-refractivity contribution is 5.87. The summed E-state index contributed by atoms with van der Waals surface area (Å²) in [5.41, 5.74) is 1.21. The molecule has 1 heterocycles. The van der Waals surface area contributed by atoms with Crippen molar-refractivity contribution in [3.05, 3.63) is 48.0 Å². The lowest BCUT2D eigenvalue weighted by Gasteiger charge is -2.08. The molecule has 18 heavy (non-hydrogen) atoms. The van der Waals surface area contributed by atoms with Gasteiger partial charge in [0.25, 0.3) is 0 Å². The van der Waals surface area contributed by atoms with Crippen molar-refractivity contribution in [2.24, 2.45) is 0 Å². The Morgan fingerprint density at radius 2 is 1.78 bits per heavy atom. The third-order valence-corrected chi connectivity index (χ3v) is 2.30. The van der Waals surface area contributed by atoms with E-state index in [1.165, 1.54) is 0 Å². The molecule has 1 aromatic carbocycles. The Kier molecular flexibility index (Phi) is 3.66. The van der Waals surface area contributed by atoms with Gasteiger partial charge in [0.1, 0.15) is 11.6 Å². The molecule has 0 unspecified atom stereocenters. The summed E-state index contributed by atoms with van der Waals surface area (Å²) in [6.07, 6.45) is 1.13. The molecule has 90 valence electrons. The lowest BCUT2D eigenvalue weighted by atomic mass is 10.2. The largest absolute Gasteiger partial charge is 0.340 e. The minimum Gasteiger partial charge on any atom is -0.340 e. The molecule has 1 amide bonds. The van der Waals surface area contributed by atoms with Crippen LogP contribution in [-0.2, 0) is 4.79 Å². The fourth-order valence-electron chi connectivity index (χ4n) is 1.48. The number of amides is 1. The number of para-hydroxylation sites is 1. The summed E-state index contributed by atoms with van der Waals surface area (Å²) in [4.78, 5) is 25.3. The zero-order valence-electron chi connectivity index (χ0n) is 9.46. The van der Waals surface area contributed by atoms with E-state index in [1.807, 2.05) is 30.3 Å². The first-order valence-electron chi connectivity index (χ1n) is 5.32. The molecule has 2 rings (SSSR count). The lowest BCUT2D eigenvalue weighted by molar-refractivity contribution is -0.105. The Morgan fingerprint density at radius 1 is 1.00 bits per heavy atom. The Labute approximate surface area is 104 Å². The fraction of sp³-hybridized carbons (Fsp3) is 0. The Morgan fingerprint density at radius 3 is 2.44 bits per heavy atom. The number of aldehydes is 1. The molecule has 1 aromatic heterocycles. The topological polar surface area (TPSA) is 71.1 Å². The molecule has 0 aliphatic rings. The summed E-state index contributed by atoms with van der Waals surface area (Å²) in [7, 11) is 0. The summed E-state index contributed by atoms with van der Waals surface area (Å²) in [5, 5.41) is 5.46. The summed E-state index contributed by atoms with van der Waals surface area (Å²) in [6.45, 7) is 0. The monoisotopic (exact) mass is 241 g/mol. The van der Waals surface area contributed by atoms with Crippen LogP contribution in [-0.4, -0.2) is 17.7 Å². The first kappa shape index (κ1) is 11.8. The summed E-state index contributed by atoms with van der Waals surface area (Å²) < 4.78 is 0. The predicted octanol–water partition coefficient (Wildman–Crippen LogP) is 2.21. The molecule has 0 fully saturated rings. The van der Waals surface area contributed by atoms with E-state index in [4.69, 9.17) is 0 Å². The number of nitrogens with zero attached hydrogens (tertiary/aromatic N) is 1. The average Bonchev–Trinajstić information content (AvgIpc) is 2.41. The molecule has 0 aliphatic carbocycles. The summed E-state index contributed by atoms with van der Waals surface area (Å²) in [6, 6.07) is 12.8. The molecule has 5 nitrogen and oxygen atoms in total. The predicted molar refractivity (Wildman–Crippen MR) is 69.0 cm³/mol. The molecule has 0 bridgehead atoms. The zero-order chi connectivity index (χ0) is 12.8. The van der Waals surface area contributed by atoms with Crippen LogP contribution in [0.3, 0.4) is 0 Å². The molecule has 0 saturated carbocycles. The third kappa shape index (κ3) is 2.70. The molecule has 5 heteroatoms. The molecule has 0 atom stereocenters. The van der Waals surface area contributed by atoms with Crippen molar-refractivity contribution in [1.82, 2.24) is 4.98 Å². The first-order valence-corrected chi connectivity index (χ1v) is 5.32. The van der Waals surface area contributed by atoms with Crippen molar-refractivity contribution < 1.29 is 9.59 Å². The van der Waals surface area contributed by atoms with Crippen LogP contribution >= 0.6 is 0 Å². The van der Waals surface area contributed by atoms with Gasteiger partial charge in [-0.1, -0.05) is 18.2 Å². The second kappa shape index (κ2) is 5.58. The highest BCUT2D eigenvalue weighted by Crippen LogP contribution is 2.18. The SMILES string of the molecule is O=CNc1nc(Nc2ccccc2)ccc1C=O. The van der Waals surface area contributed by atoms with E-state index in [2.05, 4.69) is 15.6 Å². The van der Waals surface area contributed by atoms with E-state index < -0.39 is 0 Å². The average molecular weight is 241 g/mol. The quantitative estimate of drug-likeness (QED) is 0.787. The summed E-state index contributed by atoms with van der Waals surface area (Å²) >= 11 is 0. The van der Waals surface area contributed by atoms with E-state index >= 15 is 0 Å². The first-order chi connectivity index (χ1) is 8.83. The number of carbonyl (C=O) groups is 2. The molecule has 0 radical (unpaired) electrons. The van der Waals surface area contributed by atoms with Gasteiger partial charge in [0, 0.05) is 5.69 Å². The number of hydrogen-bond donors (Lipinski definition) is 2. The van der Waals surface area contributed by atoms with E-state index in [-0.39, 0.29) is 5.82 Å². The van der Waals surface area contributed by atoms with Crippen LogP contribution in [0.1, 0.15) is 10.4 Å². The summed E-state index contributed by atoms with van der Waals surface area (Å²) in [5.74, 6) is 0.789. The third-order valence-electron chi connectivity index (χ3n) is 2.30. The standard InChI is InChI=1S/C13H11N3O2/c17-8-10-6-7-12(16-13(10)14-9-18)15-11-4-2-1-3-5-11/h1-9H,(H2,14,15,16,18). The zero-order valence-corrected chi connectivity index (χ0v) is 9.46. The van der Waals surface area contributed by atoms with Crippen LogP contribution in [0.2, 0.25) is 0 Å². The second-order valence-electron chi connectivity index (χ2n) is 3.51. The number of pyridine rings is 1. The lowest BCUT2D eigenvalue weighted by Crippen LogP contribution is -2.03. The van der Waals surface area contributed by atoms with Crippen LogP contribution in [0.15, 0.2) is 42.5 Å². The van der Waals surface area contributed by atoms with Crippen molar-refractivity contribution in [3.63, 3.8) is 0 Å². The van der Waals surface area contributed by atoms with Gasteiger partial charge in [-0.05, 0) is 24.3 Å². The normalized spacial score (nSPS) is 9.56. The van der Waals surface area contributed by atoms with Gasteiger partial charge in [0.05, 0.1) is 5.56 Å². The maximum atomic E-state index is 10.8. The van der Waals surface area contributed by atoms with Crippen LogP contribution in [0.25, 0.3) is 0 Å². The van der Waals surface area contributed by atoms with E-state index in [9.17, 15) is 9.59 Å². The Hall–Kier alpha value is -2.69. The fourth-order valence-corrected chi connectivity index (χ4v) is 1.48. The molecular formula is C13H11N3O2. The molecule has 0 saturated heterocycles. The highest BCUT2D eigenvalue weighted by atomic mass is 16.1. The van der Waals surface area contributed by atoms with Crippen molar-refractivity contribution >= 4 is 30.0 Å². The Bertz CT molecular complexity index is 555. The number of rotatable bonds is 5. The van der Waals surface area contributed by atoms with Crippen molar-refractivity contribution in [3.8, 4) is 0 Å². The number of carbonyl (C=O) groups excluding carboxylic acids is 2. The smallest absolute Gasteiger partial charge is 0.212 e. The molecule has 2 aromatic rings. The van der Waals surface area contributed by atoms with Gasteiger partial charge >= 0.3 is 0 Å². The number of aromatic nitrogens is 1. The second-order valence-corrected chi connectivity index (χ2v) is 3.51. The van der Waals surface area contributed by atoms with Gasteiger partial charge in [0.2, 0.25) is 6.41 Å². The highest BCUT2D eigenvalue weighted by Gasteiger charge is 2.04. The van der Waals surface area contributed by atoms with Gasteiger partial charge in [0.15, 0.2) is 6.29 Å². The number of benzene rings is 1. The number of anilines is 3. The van der Waals surface area contributed by atoms with Crippen molar-refractivity contribution in [2.45, 2.75) is 0 Å². The van der Waals surface area contributed by atoms with Crippen molar-refractivity contribution in [1.29, 1.82) is 0 Å². The number of nitrogens with one attached hydrogen (secondary N) is 2. The van der Waals surface area contributed by atoms with Crippen LogP contribution in [0, 0.1) is 0 Å². The maximum Gasteiger partial charge on any atom is 0.212 e. The van der Waals surface area contributed by atoms with E-state index in [0.717, 1.165) is 5.69 Å². The van der Waals surface area contributed by atoms with Crippen LogP contribution in [0.5, 0.6) is 0 Å². The maximum absolute atomic E-state index is 10.8. The van der Waals surface area contributed by atoms with Crippen LogP contribution < -0.4 is 10.6 Å². The molecule has 0 spiro atoms. The van der Waals surface area contributed by atoms with Crippen LogP contribution in [0.4, 0.5) is 17.3 Å². The van der Waals surface area contributed by atoms with E-state index in [1.54, 1.807) is 12.1 Å². The van der Waals surface area contributed by atoms with Crippen molar-refractivity contribution in [2.75, 3.05) is 10.6 Å². The minimum atomic E-state index is 0.237. The molecular weight excluding hydrogens is 230 g/mol. The van der Waals surface area contributed by atoms with Gasteiger partial charge in [-0.2, -0.15) is 0 Å². The van der Waals surface area contributed by atoms with Gasteiger partial charge in [-0.15, -0.1) is 0 Å². The van der Waals surface area contributed by atoms with E-state index in [0.29, 0.717) is 24.1 Å². The Balaban J connectivity index is 2.26. The molecule has 2 N–H and O–H groups in total. The number of hydrogen-bond acceptors (Lipinski definition) is 4. The van der Waals surface area contributed by atoms with Gasteiger partial charge in [-0.25, -0.2) is 4.98 Å². The van der Waals surface area contributed by atoms with Gasteiger partial charge < -0.3 is 10.6 Å². The minimum absolute atomic E-state index is 0.237. The molecule has 0 aliphatic heterocycles. The van der Waals surface area contributed by atoms with Gasteiger partial charge in [-0.3, -0.25) is 9.59 Å².